The second-order valence-electron chi connectivity index (χ2n) is 6.52. The predicted molar refractivity (Wildman–Crippen MR) is 94.9 cm³/mol. The number of carboxylic acid groups (broad SMARTS) is 1. The molecule has 7 nitrogen and oxygen atoms in total. The zero-order valence-corrected chi connectivity index (χ0v) is 16.4. The molecule has 0 aromatic carbocycles. The summed E-state index contributed by atoms with van der Waals surface area (Å²) in [4.78, 5) is 11.1. The number of carbonyl (C=O) groups is 1. The Bertz CT molecular complexity index is 323. The Morgan fingerprint density at radius 1 is 0.880 bits per heavy atom. The van der Waals surface area contributed by atoms with Gasteiger partial charge in [0.1, 0.15) is 0 Å². The Labute approximate surface area is 151 Å². The Kier molecular flexibility index (Phi) is 15.1. The van der Waals surface area contributed by atoms with Crippen LogP contribution in [0.3, 0.4) is 0 Å². The summed E-state index contributed by atoms with van der Waals surface area (Å²) in [5.74, 6) is -0.458. The van der Waals surface area contributed by atoms with E-state index >= 15 is 0 Å². The second-order valence-corrected chi connectivity index (χ2v) is 6.52. The van der Waals surface area contributed by atoms with Crippen LogP contribution in [0.4, 0.5) is 0 Å². The fourth-order valence-electron chi connectivity index (χ4n) is 2.09. The third-order valence-electron chi connectivity index (χ3n) is 3.76. The average Bonchev–Trinajstić information content (AvgIpc) is 2.56. The molecule has 0 spiro atoms. The number of methoxy groups -OCH3 is 1. The largest absolute Gasteiger partial charge is 0.481 e. The molecule has 0 radical (unpaired) electrons. The fourth-order valence-corrected chi connectivity index (χ4v) is 2.09. The SMILES string of the molecule is COCCOCCOCCOC(CC(=O)O)C(C)C(C)OCC(C)C. The van der Waals surface area contributed by atoms with Crippen LogP contribution >= 0.6 is 0 Å². The van der Waals surface area contributed by atoms with Crippen LogP contribution in [0.25, 0.3) is 0 Å². The summed E-state index contributed by atoms with van der Waals surface area (Å²) >= 11 is 0. The standard InChI is InChI=1S/C18H36O7/c1-14(2)13-25-16(4)15(3)17(12-18(19)20)24-11-10-23-9-8-22-7-6-21-5/h14-17H,6-13H2,1-5H3,(H,19,20). The first-order chi connectivity index (χ1) is 11.9. The molecule has 0 saturated heterocycles. The van der Waals surface area contributed by atoms with Crippen LogP contribution in [0.5, 0.6) is 0 Å². The fraction of sp³-hybridized carbons (Fsp3) is 0.944. The molecule has 1 N–H and O–H groups in total. The minimum atomic E-state index is -0.875. The van der Waals surface area contributed by atoms with Crippen molar-refractivity contribution in [2.24, 2.45) is 11.8 Å². The van der Waals surface area contributed by atoms with Gasteiger partial charge in [-0.3, -0.25) is 4.79 Å². The third-order valence-corrected chi connectivity index (χ3v) is 3.76. The quantitative estimate of drug-likeness (QED) is 0.396. The van der Waals surface area contributed by atoms with Crippen LogP contribution in [0.2, 0.25) is 0 Å². The lowest BCUT2D eigenvalue weighted by molar-refractivity contribution is -0.143. The van der Waals surface area contributed by atoms with E-state index in [4.69, 9.17) is 28.8 Å². The third kappa shape index (κ3) is 14.2. The minimum Gasteiger partial charge on any atom is -0.481 e. The summed E-state index contributed by atoms with van der Waals surface area (Å²) in [5.41, 5.74) is 0. The van der Waals surface area contributed by atoms with E-state index < -0.39 is 12.1 Å². The highest BCUT2D eigenvalue weighted by Gasteiger charge is 2.26. The van der Waals surface area contributed by atoms with E-state index in [9.17, 15) is 4.79 Å². The van der Waals surface area contributed by atoms with E-state index in [0.29, 0.717) is 52.2 Å². The van der Waals surface area contributed by atoms with Crippen molar-refractivity contribution in [3.05, 3.63) is 0 Å². The smallest absolute Gasteiger partial charge is 0.305 e. The van der Waals surface area contributed by atoms with Crippen LogP contribution in [0.15, 0.2) is 0 Å². The zero-order chi connectivity index (χ0) is 19.1. The lowest BCUT2D eigenvalue weighted by atomic mass is 9.96. The minimum absolute atomic E-state index is 0.0211. The van der Waals surface area contributed by atoms with Gasteiger partial charge in [-0.25, -0.2) is 0 Å². The van der Waals surface area contributed by atoms with Gasteiger partial charge in [0.15, 0.2) is 0 Å². The Balaban J connectivity index is 4.03. The summed E-state index contributed by atoms with van der Waals surface area (Å²) in [7, 11) is 1.63. The molecule has 0 amide bonds. The Morgan fingerprint density at radius 3 is 1.96 bits per heavy atom. The summed E-state index contributed by atoms with van der Waals surface area (Å²) in [6, 6.07) is 0. The van der Waals surface area contributed by atoms with Gasteiger partial charge in [0, 0.05) is 19.6 Å². The lowest BCUT2D eigenvalue weighted by Crippen LogP contribution is -2.35. The van der Waals surface area contributed by atoms with Gasteiger partial charge in [-0.2, -0.15) is 0 Å². The molecule has 0 aromatic rings. The highest BCUT2D eigenvalue weighted by Crippen LogP contribution is 2.19. The first-order valence-corrected chi connectivity index (χ1v) is 8.97. The molecular formula is C18H36O7. The maximum Gasteiger partial charge on any atom is 0.305 e. The molecule has 0 rings (SSSR count). The first kappa shape index (κ1) is 24.3. The number of rotatable bonds is 17. The van der Waals surface area contributed by atoms with Crippen molar-refractivity contribution in [3.63, 3.8) is 0 Å². The Hall–Kier alpha value is -0.730. The lowest BCUT2D eigenvalue weighted by Gasteiger charge is -2.28. The van der Waals surface area contributed by atoms with Crippen LogP contribution in [0, 0.1) is 11.8 Å². The van der Waals surface area contributed by atoms with Crippen molar-refractivity contribution < 1.29 is 33.6 Å². The van der Waals surface area contributed by atoms with Gasteiger partial charge in [0.2, 0.25) is 0 Å². The summed E-state index contributed by atoms with van der Waals surface area (Å²) in [6.07, 6.45) is -0.514. The monoisotopic (exact) mass is 364 g/mol. The molecule has 0 saturated carbocycles. The number of hydrogen-bond acceptors (Lipinski definition) is 6. The second kappa shape index (κ2) is 15.5. The summed E-state index contributed by atoms with van der Waals surface area (Å²) < 4.78 is 27.1. The van der Waals surface area contributed by atoms with Gasteiger partial charge in [-0.15, -0.1) is 0 Å². The molecule has 0 fully saturated rings. The molecule has 25 heavy (non-hydrogen) atoms. The molecule has 0 bridgehead atoms. The van der Waals surface area contributed by atoms with Gasteiger partial charge in [-0.05, 0) is 12.8 Å². The highest BCUT2D eigenvalue weighted by molar-refractivity contribution is 5.67. The van der Waals surface area contributed by atoms with Gasteiger partial charge < -0.3 is 28.8 Å². The molecule has 3 unspecified atom stereocenters. The number of ether oxygens (including phenoxy) is 5. The van der Waals surface area contributed by atoms with Crippen molar-refractivity contribution in [2.45, 2.75) is 46.3 Å². The molecule has 0 aliphatic heterocycles. The van der Waals surface area contributed by atoms with Gasteiger partial charge in [-0.1, -0.05) is 20.8 Å². The van der Waals surface area contributed by atoms with E-state index in [1.54, 1.807) is 7.11 Å². The van der Waals surface area contributed by atoms with E-state index in [0.717, 1.165) is 0 Å². The predicted octanol–water partition coefficient (Wildman–Crippen LogP) is 2.22. The van der Waals surface area contributed by atoms with Crippen molar-refractivity contribution >= 4 is 5.97 Å². The van der Waals surface area contributed by atoms with E-state index in [-0.39, 0.29) is 18.4 Å². The maximum atomic E-state index is 11.1. The van der Waals surface area contributed by atoms with Crippen LogP contribution in [-0.4, -0.2) is 76.6 Å². The van der Waals surface area contributed by atoms with Gasteiger partial charge in [0.25, 0.3) is 0 Å². The topological polar surface area (TPSA) is 83.5 Å². The molecule has 7 heteroatoms. The molecular weight excluding hydrogens is 328 g/mol. The first-order valence-electron chi connectivity index (χ1n) is 8.97. The number of hydrogen-bond donors (Lipinski definition) is 1. The molecule has 0 heterocycles. The number of aliphatic carboxylic acids is 1. The van der Waals surface area contributed by atoms with Crippen LogP contribution in [0.1, 0.15) is 34.1 Å². The van der Waals surface area contributed by atoms with Crippen molar-refractivity contribution in [1.29, 1.82) is 0 Å². The van der Waals surface area contributed by atoms with Crippen LogP contribution in [-0.2, 0) is 28.5 Å². The van der Waals surface area contributed by atoms with Crippen LogP contribution < -0.4 is 0 Å². The summed E-state index contributed by atoms with van der Waals surface area (Å²) in [5, 5.41) is 9.10. The van der Waals surface area contributed by atoms with Gasteiger partial charge >= 0.3 is 5.97 Å². The van der Waals surface area contributed by atoms with Crippen molar-refractivity contribution in [2.75, 3.05) is 53.4 Å². The van der Waals surface area contributed by atoms with Crippen molar-refractivity contribution in [3.8, 4) is 0 Å². The van der Waals surface area contributed by atoms with Crippen molar-refractivity contribution in [1.82, 2.24) is 0 Å². The molecule has 3 atom stereocenters. The summed E-state index contributed by atoms with van der Waals surface area (Å²) in [6.45, 7) is 11.6. The molecule has 0 aromatic heterocycles. The van der Waals surface area contributed by atoms with Gasteiger partial charge in [0.05, 0.1) is 58.3 Å². The van der Waals surface area contributed by atoms with E-state index in [1.165, 1.54) is 0 Å². The molecule has 0 aliphatic rings. The molecule has 150 valence electrons. The Morgan fingerprint density at radius 2 is 1.44 bits per heavy atom. The highest BCUT2D eigenvalue weighted by atomic mass is 16.6. The number of carboxylic acids is 1. The maximum absolute atomic E-state index is 11.1. The normalized spacial score (nSPS) is 15.3. The molecule has 0 aliphatic carbocycles. The van der Waals surface area contributed by atoms with E-state index in [1.807, 2.05) is 13.8 Å². The van der Waals surface area contributed by atoms with E-state index in [2.05, 4.69) is 13.8 Å². The average molecular weight is 364 g/mol. The zero-order valence-electron chi connectivity index (χ0n) is 16.4.